The van der Waals surface area contributed by atoms with E-state index in [4.69, 9.17) is 4.74 Å². The van der Waals surface area contributed by atoms with Gasteiger partial charge in [-0.05, 0) is 54.5 Å². The summed E-state index contributed by atoms with van der Waals surface area (Å²) in [6.07, 6.45) is 0.718. The number of hydrogen-bond donors (Lipinski definition) is 1. The van der Waals surface area contributed by atoms with Crippen molar-refractivity contribution in [3.63, 3.8) is 0 Å². The highest BCUT2D eigenvalue weighted by atomic mass is 19.1. The lowest BCUT2D eigenvalue weighted by molar-refractivity contribution is -0.140. The molecule has 1 fully saturated rings. The Hall–Kier alpha value is -3.19. The summed E-state index contributed by atoms with van der Waals surface area (Å²) < 4.78 is 19.1. The van der Waals surface area contributed by atoms with E-state index in [0.717, 1.165) is 30.8 Å². The smallest absolute Gasteiger partial charge is 0.295 e. The van der Waals surface area contributed by atoms with E-state index in [1.54, 1.807) is 30.3 Å². The molecule has 2 aliphatic rings. The number of likely N-dealkylation sites (N-methyl/N-ethyl adjacent to an activating group) is 1. The number of amides is 1. The number of benzene rings is 2. The van der Waals surface area contributed by atoms with Crippen LogP contribution in [0.25, 0.3) is 5.76 Å². The van der Waals surface area contributed by atoms with Gasteiger partial charge < -0.3 is 19.6 Å². The normalized spacial score (nSPS) is 19.5. The summed E-state index contributed by atoms with van der Waals surface area (Å²) in [5, 5.41) is 11.2. The van der Waals surface area contributed by atoms with Crippen molar-refractivity contribution >= 4 is 17.4 Å². The van der Waals surface area contributed by atoms with Gasteiger partial charge in [0.1, 0.15) is 17.3 Å². The number of Topliss-reactive ketones (excluding diaryl/α,β-unsaturated/α-hetero) is 1. The second kappa shape index (κ2) is 9.12. The van der Waals surface area contributed by atoms with Gasteiger partial charge in [0, 0.05) is 25.1 Å². The van der Waals surface area contributed by atoms with E-state index in [-0.39, 0.29) is 11.3 Å². The second-order valence-corrected chi connectivity index (χ2v) is 7.99. The third-order valence-electron chi connectivity index (χ3n) is 6.24. The zero-order chi connectivity index (χ0) is 22.8. The summed E-state index contributed by atoms with van der Waals surface area (Å²) in [6.45, 7) is 7.19. The minimum absolute atomic E-state index is 0.0278. The number of rotatable bonds is 7. The summed E-state index contributed by atoms with van der Waals surface area (Å²) in [7, 11) is 0. The molecule has 168 valence electrons. The van der Waals surface area contributed by atoms with Crippen LogP contribution in [0.3, 0.4) is 0 Å². The Balaban J connectivity index is 1.78. The van der Waals surface area contributed by atoms with Gasteiger partial charge in [0.15, 0.2) is 0 Å². The molecule has 4 rings (SSSR count). The first-order valence-corrected chi connectivity index (χ1v) is 11.0. The number of carbonyl (C=O) groups is 2. The number of fused-ring (bicyclic) bond motifs is 1. The third kappa shape index (κ3) is 4.00. The van der Waals surface area contributed by atoms with Gasteiger partial charge in [-0.15, -0.1) is 0 Å². The maximum Gasteiger partial charge on any atom is 0.295 e. The summed E-state index contributed by atoms with van der Waals surface area (Å²) >= 11 is 0. The van der Waals surface area contributed by atoms with Crippen LogP contribution in [-0.2, 0) is 16.0 Å². The van der Waals surface area contributed by atoms with Crippen molar-refractivity contribution in [2.75, 3.05) is 32.8 Å². The SMILES string of the molecule is CCN(CC)CCN1C(=O)C(=O)/C(=C(\O)c2ccc3c(c2)CCO3)C1c1ccc(F)cc1. The molecule has 0 radical (unpaired) electrons. The molecule has 6 nitrogen and oxygen atoms in total. The lowest BCUT2D eigenvalue weighted by Crippen LogP contribution is -2.38. The minimum atomic E-state index is -0.782. The van der Waals surface area contributed by atoms with Gasteiger partial charge >= 0.3 is 0 Å². The second-order valence-electron chi connectivity index (χ2n) is 7.99. The van der Waals surface area contributed by atoms with E-state index >= 15 is 0 Å². The number of hydrogen-bond acceptors (Lipinski definition) is 5. The number of likely N-dealkylation sites (tertiary alicyclic amines) is 1. The van der Waals surface area contributed by atoms with Gasteiger partial charge in [0.2, 0.25) is 0 Å². The van der Waals surface area contributed by atoms with E-state index < -0.39 is 23.5 Å². The van der Waals surface area contributed by atoms with Crippen molar-refractivity contribution in [1.82, 2.24) is 9.80 Å². The Morgan fingerprint density at radius 1 is 1.16 bits per heavy atom. The molecule has 2 heterocycles. The molecule has 1 unspecified atom stereocenters. The molecule has 2 aromatic carbocycles. The number of halogens is 1. The Labute approximate surface area is 186 Å². The van der Waals surface area contributed by atoms with Crippen molar-refractivity contribution < 1.29 is 23.8 Å². The van der Waals surface area contributed by atoms with Gasteiger partial charge in [-0.2, -0.15) is 0 Å². The zero-order valence-corrected chi connectivity index (χ0v) is 18.3. The Bertz CT molecular complexity index is 1060. The van der Waals surface area contributed by atoms with Crippen LogP contribution >= 0.6 is 0 Å². The van der Waals surface area contributed by atoms with Crippen LogP contribution < -0.4 is 4.74 Å². The summed E-state index contributed by atoms with van der Waals surface area (Å²) in [5.41, 5.74) is 2.02. The number of aliphatic hydroxyl groups is 1. The quantitative estimate of drug-likeness (QED) is 0.407. The predicted molar refractivity (Wildman–Crippen MR) is 119 cm³/mol. The van der Waals surface area contributed by atoms with Crippen LogP contribution in [0.1, 0.15) is 36.6 Å². The summed E-state index contributed by atoms with van der Waals surface area (Å²) in [5.74, 6) is -1.26. The van der Waals surface area contributed by atoms with Crippen molar-refractivity contribution in [3.8, 4) is 5.75 Å². The van der Waals surface area contributed by atoms with Crippen molar-refractivity contribution in [2.24, 2.45) is 0 Å². The molecule has 32 heavy (non-hydrogen) atoms. The number of ketones is 1. The van der Waals surface area contributed by atoms with Gasteiger partial charge in [-0.25, -0.2) is 4.39 Å². The maximum absolute atomic E-state index is 13.6. The molecule has 1 N–H and O–H groups in total. The van der Waals surface area contributed by atoms with Crippen LogP contribution in [0.4, 0.5) is 4.39 Å². The van der Waals surface area contributed by atoms with Crippen LogP contribution in [0, 0.1) is 5.82 Å². The van der Waals surface area contributed by atoms with Crippen LogP contribution in [-0.4, -0.2) is 59.4 Å². The van der Waals surface area contributed by atoms with Crippen molar-refractivity contribution in [2.45, 2.75) is 26.3 Å². The highest BCUT2D eigenvalue weighted by Crippen LogP contribution is 2.40. The fourth-order valence-electron chi connectivity index (χ4n) is 4.38. The van der Waals surface area contributed by atoms with E-state index in [1.807, 2.05) is 13.8 Å². The first-order valence-electron chi connectivity index (χ1n) is 11.0. The molecule has 0 aliphatic carbocycles. The van der Waals surface area contributed by atoms with E-state index in [9.17, 15) is 19.1 Å². The Morgan fingerprint density at radius 3 is 2.56 bits per heavy atom. The van der Waals surface area contributed by atoms with Gasteiger partial charge in [0.25, 0.3) is 11.7 Å². The number of ether oxygens (including phenoxy) is 1. The van der Waals surface area contributed by atoms with Gasteiger partial charge in [-0.3, -0.25) is 9.59 Å². The Kier molecular flexibility index (Phi) is 6.28. The minimum Gasteiger partial charge on any atom is -0.507 e. The lowest BCUT2D eigenvalue weighted by Gasteiger charge is -2.28. The summed E-state index contributed by atoms with van der Waals surface area (Å²) in [6, 6.07) is 10.2. The fourth-order valence-corrected chi connectivity index (χ4v) is 4.38. The monoisotopic (exact) mass is 438 g/mol. The van der Waals surface area contributed by atoms with Crippen molar-refractivity contribution in [1.29, 1.82) is 0 Å². The van der Waals surface area contributed by atoms with Crippen molar-refractivity contribution in [3.05, 3.63) is 70.5 Å². The molecule has 0 saturated carbocycles. The van der Waals surface area contributed by atoms with Gasteiger partial charge in [0.05, 0.1) is 18.2 Å². The van der Waals surface area contributed by atoms with Crippen LogP contribution in [0.15, 0.2) is 48.0 Å². The third-order valence-corrected chi connectivity index (χ3v) is 6.24. The first-order chi connectivity index (χ1) is 15.4. The molecule has 0 bridgehead atoms. The van der Waals surface area contributed by atoms with E-state index in [2.05, 4.69) is 4.90 Å². The highest BCUT2D eigenvalue weighted by Gasteiger charge is 2.46. The molecule has 2 aliphatic heterocycles. The molecule has 1 amide bonds. The Morgan fingerprint density at radius 2 is 1.88 bits per heavy atom. The molecule has 1 saturated heterocycles. The number of nitrogens with zero attached hydrogens (tertiary/aromatic N) is 2. The molecule has 0 spiro atoms. The average Bonchev–Trinajstić information content (AvgIpc) is 3.37. The molecule has 2 aromatic rings. The molecule has 7 heteroatoms. The number of aliphatic hydroxyl groups excluding tert-OH is 1. The van der Waals surface area contributed by atoms with E-state index in [0.29, 0.717) is 30.8 Å². The molecular formula is C25H27FN2O4. The number of carbonyl (C=O) groups excluding carboxylic acids is 2. The standard InChI is InChI=1S/C25H27FN2O4/c1-3-27(4-2)12-13-28-22(16-5-8-19(26)9-6-16)21(24(30)25(28)31)23(29)18-7-10-20-17(15-18)11-14-32-20/h5-10,15,22,29H,3-4,11-14H2,1-2H3/b23-21-. The largest absolute Gasteiger partial charge is 0.507 e. The predicted octanol–water partition coefficient (Wildman–Crippen LogP) is 3.52. The molecule has 1 atom stereocenters. The topological polar surface area (TPSA) is 70.1 Å². The highest BCUT2D eigenvalue weighted by molar-refractivity contribution is 6.46. The van der Waals surface area contributed by atoms with Crippen LogP contribution in [0.2, 0.25) is 0 Å². The zero-order valence-electron chi connectivity index (χ0n) is 18.3. The maximum atomic E-state index is 13.6. The first kappa shape index (κ1) is 22.0. The summed E-state index contributed by atoms with van der Waals surface area (Å²) in [4.78, 5) is 29.7. The van der Waals surface area contributed by atoms with Gasteiger partial charge in [-0.1, -0.05) is 26.0 Å². The lowest BCUT2D eigenvalue weighted by atomic mass is 9.94. The molecular weight excluding hydrogens is 411 g/mol. The van der Waals surface area contributed by atoms with E-state index in [1.165, 1.54) is 17.0 Å². The van der Waals surface area contributed by atoms with Crippen LogP contribution in [0.5, 0.6) is 5.75 Å². The average molecular weight is 438 g/mol. The molecule has 0 aromatic heterocycles. The fraction of sp³-hybridized carbons (Fsp3) is 0.360.